The Kier molecular flexibility index (Phi) is 5.31. The van der Waals surface area contributed by atoms with Crippen molar-refractivity contribution in [3.63, 3.8) is 0 Å². The number of sulfonamides is 1. The van der Waals surface area contributed by atoms with Crippen LogP contribution in [0.15, 0.2) is 46.8 Å². The lowest BCUT2D eigenvalue weighted by atomic mass is 9.95. The number of aryl methyl sites for hydroxylation is 2. The van der Waals surface area contributed by atoms with Gasteiger partial charge in [-0.05, 0) is 61.6 Å². The Morgan fingerprint density at radius 1 is 1.12 bits per heavy atom. The zero-order chi connectivity index (χ0) is 22.3. The maximum absolute atomic E-state index is 12.9. The number of pyridine rings is 1. The quantitative estimate of drug-likeness (QED) is 0.387. The van der Waals surface area contributed by atoms with Crippen LogP contribution in [0.4, 0.5) is 16.5 Å². The molecule has 0 saturated heterocycles. The van der Waals surface area contributed by atoms with Crippen LogP contribution < -0.4 is 15.8 Å². The number of fused-ring (bicyclic) bond motifs is 2. The second kappa shape index (κ2) is 8.15. The Labute approximate surface area is 192 Å². The average Bonchev–Trinajstić information content (AvgIpc) is 3.40. The van der Waals surface area contributed by atoms with Crippen molar-refractivity contribution in [3.05, 3.63) is 58.0 Å². The second-order valence-electron chi connectivity index (χ2n) is 7.42. The van der Waals surface area contributed by atoms with E-state index >= 15 is 0 Å². The van der Waals surface area contributed by atoms with Gasteiger partial charge in [-0.1, -0.05) is 0 Å². The molecular formula is C21H19N5O3S3. The van der Waals surface area contributed by atoms with Gasteiger partial charge >= 0.3 is 0 Å². The number of hydrogen-bond donors (Lipinski definition) is 3. The fraction of sp³-hybridized carbons (Fsp3) is 0.190. The Morgan fingerprint density at radius 2 is 1.91 bits per heavy atom. The van der Waals surface area contributed by atoms with Gasteiger partial charge in [0.2, 0.25) is 0 Å². The molecular weight excluding hydrogens is 466 g/mol. The van der Waals surface area contributed by atoms with Gasteiger partial charge in [0.1, 0.15) is 9.71 Å². The van der Waals surface area contributed by atoms with Crippen LogP contribution in [0.25, 0.3) is 10.2 Å². The number of nitrogens with two attached hydrogens (primary N) is 1. The number of benzene rings is 1. The molecule has 8 nitrogen and oxygen atoms in total. The summed E-state index contributed by atoms with van der Waals surface area (Å²) in [6.45, 7) is 0. The first-order chi connectivity index (χ1) is 15.4. The highest BCUT2D eigenvalue weighted by molar-refractivity contribution is 7.93. The first-order valence-electron chi connectivity index (χ1n) is 9.95. The van der Waals surface area contributed by atoms with E-state index in [0.717, 1.165) is 41.6 Å². The van der Waals surface area contributed by atoms with E-state index in [9.17, 15) is 13.2 Å². The van der Waals surface area contributed by atoms with Gasteiger partial charge in [-0.25, -0.2) is 18.4 Å². The molecule has 4 N–H and O–H groups in total. The summed E-state index contributed by atoms with van der Waals surface area (Å²) in [5.41, 5.74) is 9.49. The zero-order valence-corrected chi connectivity index (χ0v) is 19.2. The molecule has 32 heavy (non-hydrogen) atoms. The normalized spacial score (nSPS) is 13.6. The summed E-state index contributed by atoms with van der Waals surface area (Å²) in [6.07, 6.45) is 5.73. The SMILES string of the molecule is Nc1c(C(=O)Nc2ccc(S(=O)(=O)Nc3nccs3)cc2)sc2nc3c(cc12)CCCC3. The summed E-state index contributed by atoms with van der Waals surface area (Å²) in [6, 6.07) is 7.99. The molecule has 3 heterocycles. The average molecular weight is 486 g/mol. The number of thiophene rings is 1. The van der Waals surface area contributed by atoms with Gasteiger partial charge in [0, 0.05) is 28.3 Å². The lowest BCUT2D eigenvalue weighted by molar-refractivity contribution is 0.103. The largest absolute Gasteiger partial charge is 0.397 e. The predicted molar refractivity (Wildman–Crippen MR) is 128 cm³/mol. The second-order valence-corrected chi connectivity index (χ2v) is 11.0. The van der Waals surface area contributed by atoms with Crippen LogP contribution in [0.5, 0.6) is 0 Å². The van der Waals surface area contributed by atoms with Crippen LogP contribution >= 0.6 is 22.7 Å². The highest BCUT2D eigenvalue weighted by atomic mass is 32.2. The number of nitrogens with one attached hydrogen (secondary N) is 2. The van der Waals surface area contributed by atoms with Gasteiger partial charge in [-0.15, -0.1) is 22.7 Å². The Morgan fingerprint density at radius 3 is 2.66 bits per heavy atom. The van der Waals surface area contributed by atoms with Crippen molar-refractivity contribution in [2.24, 2.45) is 0 Å². The molecule has 0 spiro atoms. The number of amides is 1. The smallest absolute Gasteiger partial charge is 0.267 e. The van der Waals surface area contributed by atoms with Crippen molar-refractivity contribution in [2.75, 3.05) is 15.8 Å². The summed E-state index contributed by atoms with van der Waals surface area (Å²) in [5, 5.41) is 5.58. The number of hydrogen-bond acceptors (Lipinski definition) is 8. The minimum Gasteiger partial charge on any atom is -0.397 e. The van der Waals surface area contributed by atoms with Gasteiger partial charge in [-0.3, -0.25) is 9.52 Å². The molecule has 1 aliphatic rings. The number of carbonyl (C=O) groups excluding carboxylic acids is 1. The number of aromatic nitrogens is 2. The third kappa shape index (κ3) is 3.94. The van der Waals surface area contributed by atoms with Crippen LogP contribution in [-0.4, -0.2) is 24.3 Å². The van der Waals surface area contributed by atoms with Crippen molar-refractivity contribution < 1.29 is 13.2 Å². The van der Waals surface area contributed by atoms with Crippen LogP contribution in [0.1, 0.15) is 33.8 Å². The van der Waals surface area contributed by atoms with E-state index in [1.165, 1.54) is 58.7 Å². The summed E-state index contributed by atoms with van der Waals surface area (Å²) < 4.78 is 27.3. The van der Waals surface area contributed by atoms with E-state index in [1.54, 1.807) is 5.38 Å². The molecule has 1 aromatic carbocycles. The number of thiazole rings is 1. The van der Waals surface area contributed by atoms with Crippen LogP contribution in [0, 0.1) is 0 Å². The Hall–Kier alpha value is -3.02. The van der Waals surface area contributed by atoms with Gasteiger partial charge in [-0.2, -0.15) is 0 Å². The van der Waals surface area contributed by atoms with Crippen LogP contribution in [0.2, 0.25) is 0 Å². The maximum atomic E-state index is 12.9. The molecule has 5 rings (SSSR count). The molecule has 1 aliphatic carbocycles. The van der Waals surface area contributed by atoms with E-state index < -0.39 is 10.0 Å². The third-order valence-corrected chi connectivity index (χ3v) is 8.57. The Balaban J connectivity index is 1.36. The molecule has 1 amide bonds. The molecule has 0 radical (unpaired) electrons. The molecule has 0 bridgehead atoms. The van der Waals surface area contributed by atoms with Gasteiger partial charge < -0.3 is 11.1 Å². The minimum atomic E-state index is -3.75. The van der Waals surface area contributed by atoms with Crippen molar-refractivity contribution >= 4 is 65.3 Å². The summed E-state index contributed by atoms with van der Waals surface area (Å²) in [5.74, 6) is -0.347. The number of nitrogen functional groups attached to an aromatic ring is 1. The van der Waals surface area contributed by atoms with E-state index in [-0.39, 0.29) is 15.9 Å². The van der Waals surface area contributed by atoms with Crippen molar-refractivity contribution in [1.82, 2.24) is 9.97 Å². The topological polar surface area (TPSA) is 127 Å². The minimum absolute atomic E-state index is 0.0712. The van der Waals surface area contributed by atoms with Gasteiger partial charge in [0.05, 0.1) is 10.6 Å². The summed E-state index contributed by atoms with van der Waals surface area (Å²) in [4.78, 5) is 22.8. The number of nitrogens with zero attached hydrogens (tertiary/aromatic N) is 2. The molecule has 0 fully saturated rings. The Bertz CT molecular complexity index is 1410. The predicted octanol–water partition coefficient (Wildman–Crippen LogP) is 4.27. The van der Waals surface area contributed by atoms with E-state index in [2.05, 4.69) is 21.1 Å². The molecule has 0 saturated carbocycles. The summed E-state index contributed by atoms with van der Waals surface area (Å²) >= 11 is 2.46. The fourth-order valence-corrected chi connectivity index (χ4v) is 6.46. The number of carbonyl (C=O) groups is 1. The van der Waals surface area contributed by atoms with Crippen molar-refractivity contribution in [2.45, 2.75) is 30.6 Å². The van der Waals surface area contributed by atoms with E-state index in [4.69, 9.17) is 10.7 Å². The molecule has 0 unspecified atom stereocenters. The maximum Gasteiger partial charge on any atom is 0.267 e. The molecule has 4 aromatic rings. The van der Waals surface area contributed by atoms with Gasteiger partial charge in [0.15, 0.2) is 5.13 Å². The van der Waals surface area contributed by atoms with E-state index in [1.807, 2.05) is 0 Å². The zero-order valence-electron chi connectivity index (χ0n) is 16.8. The lowest BCUT2D eigenvalue weighted by Crippen LogP contribution is -2.14. The molecule has 0 atom stereocenters. The van der Waals surface area contributed by atoms with E-state index in [0.29, 0.717) is 16.3 Å². The fourth-order valence-electron chi connectivity index (χ4n) is 3.68. The molecule has 164 valence electrons. The number of anilines is 3. The lowest BCUT2D eigenvalue weighted by Gasteiger charge is -2.14. The van der Waals surface area contributed by atoms with Crippen molar-refractivity contribution in [1.29, 1.82) is 0 Å². The van der Waals surface area contributed by atoms with Crippen LogP contribution in [-0.2, 0) is 22.9 Å². The standard InChI is InChI=1S/C21H19N5O3S3/c22-17-15-11-12-3-1-2-4-16(12)25-20(15)31-18(17)19(27)24-13-5-7-14(8-6-13)32(28,29)26-21-23-9-10-30-21/h5-11H,1-4,22H2,(H,23,26)(H,24,27). The first kappa shape index (κ1) is 20.9. The highest BCUT2D eigenvalue weighted by Crippen LogP contribution is 2.36. The highest BCUT2D eigenvalue weighted by Gasteiger charge is 2.21. The van der Waals surface area contributed by atoms with Crippen molar-refractivity contribution in [3.8, 4) is 0 Å². The molecule has 11 heteroatoms. The van der Waals surface area contributed by atoms with Crippen LogP contribution in [0.3, 0.4) is 0 Å². The number of rotatable bonds is 5. The molecule has 3 aromatic heterocycles. The summed E-state index contributed by atoms with van der Waals surface area (Å²) in [7, 11) is -3.75. The van der Waals surface area contributed by atoms with Gasteiger partial charge in [0.25, 0.3) is 15.9 Å². The monoisotopic (exact) mass is 485 g/mol. The first-order valence-corrected chi connectivity index (χ1v) is 13.1. The molecule has 0 aliphatic heterocycles. The third-order valence-electron chi connectivity index (χ3n) is 5.28.